The maximum atomic E-state index is 11.5. The van der Waals surface area contributed by atoms with E-state index in [1.807, 2.05) is 0 Å². The van der Waals surface area contributed by atoms with E-state index in [2.05, 4.69) is 58.9 Å². The van der Waals surface area contributed by atoms with Gasteiger partial charge in [-0.1, -0.05) is 29.9 Å². The molecule has 0 heterocycles. The number of rotatable bonds is 3. The van der Waals surface area contributed by atoms with Crippen molar-refractivity contribution in [3.8, 4) is 0 Å². The van der Waals surface area contributed by atoms with Crippen LogP contribution in [-0.2, 0) is 14.3 Å². The first-order valence-electron chi connectivity index (χ1n) is 7.57. The van der Waals surface area contributed by atoms with Crippen molar-refractivity contribution in [1.82, 2.24) is 0 Å². The van der Waals surface area contributed by atoms with Crippen molar-refractivity contribution >= 4 is 5.97 Å². The molecule has 0 spiro atoms. The van der Waals surface area contributed by atoms with Gasteiger partial charge in [-0.3, -0.25) is 4.79 Å². The maximum absolute atomic E-state index is 11.5. The number of carbonyl (C=O) groups is 1. The van der Waals surface area contributed by atoms with Crippen LogP contribution in [0.5, 0.6) is 0 Å². The van der Waals surface area contributed by atoms with E-state index >= 15 is 0 Å². The Kier molecular flexibility index (Phi) is 4.43. The van der Waals surface area contributed by atoms with Crippen molar-refractivity contribution in [2.24, 2.45) is 11.8 Å². The van der Waals surface area contributed by atoms with Crippen LogP contribution >= 0.6 is 0 Å². The van der Waals surface area contributed by atoms with Gasteiger partial charge in [0.1, 0.15) is 6.10 Å². The predicted molar refractivity (Wildman–Crippen MR) is 83.8 cm³/mol. The molecule has 0 amide bonds. The van der Waals surface area contributed by atoms with E-state index in [1.54, 1.807) is 0 Å². The number of allylic oxidation sites excluding steroid dienone is 1. The number of hydrogen-bond acceptors (Lipinski definition) is 3. The highest BCUT2D eigenvalue weighted by Gasteiger charge is 2.44. The molecule has 0 N–H and O–H groups in total. The number of carbonyl (C=O) groups excluding carboxylic acids is 1. The Morgan fingerprint density at radius 1 is 1.19 bits per heavy atom. The third-order valence-electron chi connectivity index (χ3n) is 3.62. The van der Waals surface area contributed by atoms with Crippen molar-refractivity contribution in [2.45, 2.75) is 59.4 Å². The van der Waals surface area contributed by atoms with E-state index in [0.717, 1.165) is 5.57 Å². The average molecular weight is 290 g/mol. The highest BCUT2D eigenvalue weighted by Crippen LogP contribution is 2.42. The minimum absolute atomic E-state index is 0.0451. The standard InChI is InChI=1S/C18H26O3/c1-11(2)9-14-10-13-7-8-15(16(14)20-12(3)19)17(13)21-18(4,5)6/h7-10,13,15-17H,1-6H3/t13?,15?,16-,17?/m1/s1. The van der Waals surface area contributed by atoms with Gasteiger partial charge in [0.05, 0.1) is 11.7 Å². The summed E-state index contributed by atoms with van der Waals surface area (Å²) in [6, 6.07) is 0. The molecular formula is C18H26O3. The van der Waals surface area contributed by atoms with Gasteiger partial charge in [-0.05, 0) is 40.2 Å². The zero-order valence-electron chi connectivity index (χ0n) is 13.8. The van der Waals surface area contributed by atoms with Gasteiger partial charge in [-0.15, -0.1) is 0 Å². The summed E-state index contributed by atoms with van der Waals surface area (Å²) < 4.78 is 11.8. The molecule has 3 nitrogen and oxygen atoms in total. The van der Waals surface area contributed by atoms with Crippen molar-refractivity contribution in [3.63, 3.8) is 0 Å². The topological polar surface area (TPSA) is 35.5 Å². The fraction of sp³-hybridized carbons (Fsp3) is 0.611. The van der Waals surface area contributed by atoms with Crippen LogP contribution in [0.4, 0.5) is 0 Å². The van der Waals surface area contributed by atoms with Crippen LogP contribution in [0.2, 0.25) is 0 Å². The molecule has 0 aromatic heterocycles. The maximum Gasteiger partial charge on any atom is 0.303 e. The first-order valence-corrected chi connectivity index (χ1v) is 7.57. The molecule has 0 aliphatic heterocycles. The van der Waals surface area contributed by atoms with Gasteiger partial charge in [-0.25, -0.2) is 0 Å². The third kappa shape index (κ3) is 3.85. The van der Waals surface area contributed by atoms with Crippen LogP contribution in [0.1, 0.15) is 41.5 Å². The van der Waals surface area contributed by atoms with Gasteiger partial charge < -0.3 is 9.47 Å². The van der Waals surface area contributed by atoms with Gasteiger partial charge in [0.15, 0.2) is 0 Å². The van der Waals surface area contributed by atoms with Gasteiger partial charge in [-0.2, -0.15) is 0 Å². The first kappa shape index (κ1) is 16.0. The lowest BCUT2D eigenvalue weighted by Gasteiger charge is -2.38. The van der Waals surface area contributed by atoms with E-state index in [0.29, 0.717) is 0 Å². The normalized spacial score (nSPS) is 30.9. The average Bonchev–Trinajstić information content (AvgIpc) is 2.55. The summed E-state index contributed by atoms with van der Waals surface area (Å²) in [5.74, 6) is 0.0988. The van der Waals surface area contributed by atoms with Crippen molar-refractivity contribution in [2.75, 3.05) is 0 Å². The Bertz CT molecular complexity index is 501. The third-order valence-corrected chi connectivity index (χ3v) is 3.62. The van der Waals surface area contributed by atoms with Crippen LogP contribution < -0.4 is 0 Å². The molecule has 21 heavy (non-hydrogen) atoms. The molecular weight excluding hydrogens is 264 g/mol. The second kappa shape index (κ2) is 5.80. The largest absolute Gasteiger partial charge is 0.457 e. The minimum atomic E-state index is -0.250. The van der Waals surface area contributed by atoms with E-state index in [4.69, 9.17) is 9.47 Å². The highest BCUT2D eigenvalue weighted by molar-refractivity contribution is 5.67. The van der Waals surface area contributed by atoms with Crippen LogP contribution in [-0.4, -0.2) is 23.8 Å². The predicted octanol–water partition coefficient (Wildman–Crippen LogP) is 3.81. The van der Waals surface area contributed by atoms with Crippen molar-refractivity contribution < 1.29 is 14.3 Å². The van der Waals surface area contributed by atoms with Gasteiger partial charge in [0.2, 0.25) is 0 Å². The Morgan fingerprint density at radius 2 is 1.86 bits per heavy atom. The Labute approximate surface area is 127 Å². The molecule has 3 unspecified atom stereocenters. The molecule has 0 aromatic rings. The first-order chi connectivity index (χ1) is 9.67. The van der Waals surface area contributed by atoms with E-state index < -0.39 is 0 Å². The summed E-state index contributed by atoms with van der Waals surface area (Å²) in [6.45, 7) is 11.7. The molecule has 0 aromatic carbocycles. The quantitative estimate of drug-likeness (QED) is 0.585. The Hall–Kier alpha value is -1.35. The lowest BCUT2D eigenvalue weighted by atomic mass is 9.82. The van der Waals surface area contributed by atoms with Gasteiger partial charge >= 0.3 is 5.97 Å². The van der Waals surface area contributed by atoms with Gasteiger partial charge in [0, 0.05) is 18.8 Å². The van der Waals surface area contributed by atoms with Crippen LogP contribution in [0.3, 0.4) is 0 Å². The molecule has 2 aliphatic carbocycles. The molecule has 2 rings (SSSR count). The lowest BCUT2D eigenvalue weighted by Crippen LogP contribution is -2.43. The van der Waals surface area contributed by atoms with Crippen LogP contribution in [0.15, 0.2) is 35.5 Å². The van der Waals surface area contributed by atoms with E-state index in [-0.39, 0.29) is 35.6 Å². The zero-order valence-corrected chi connectivity index (χ0v) is 13.8. The number of esters is 1. The number of ether oxygens (including phenoxy) is 2. The van der Waals surface area contributed by atoms with Crippen LogP contribution in [0, 0.1) is 11.8 Å². The summed E-state index contributed by atoms with van der Waals surface area (Å²) in [7, 11) is 0. The zero-order chi connectivity index (χ0) is 15.8. The summed E-state index contributed by atoms with van der Waals surface area (Å²) in [5.41, 5.74) is 2.07. The van der Waals surface area contributed by atoms with E-state index in [9.17, 15) is 4.79 Å². The van der Waals surface area contributed by atoms with E-state index in [1.165, 1.54) is 12.5 Å². The molecule has 0 fully saturated rings. The summed E-state index contributed by atoms with van der Waals surface area (Å²) in [6.07, 6.45) is 8.38. The second-order valence-electron chi connectivity index (χ2n) is 7.15. The molecule has 0 saturated carbocycles. The SMILES string of the molecule is CC(=O)O[C@@H]1C(C=C(C)C)=CC2C=CC1C2OC(C)(C)C. The Balaban J connectivity index is 2.32. The summed E-state index contributed by atoms with van der Waals surface area (Å²) in [4.78, 5) is 11.5. The smallest absolute Gasteiger partial charge is 0.303 e. The monoisotopic (exact) mass is 290 g/mol. The fourth-order valence-corrected chi connectivity index (χ4v) is 3.05. The summed E-state index contributed by atoms with van der Waals surface area (Å²) in [5, 5.41) is 0. The minimum Gasteiger partial charge on any atom is -0.457 e. The van der Waals surface area contributed by atoms with Crippen molar-refractivity contribution in [1.29, 1.82) is 0 Å². The van der Waals surface area contributed by atoms with Crippen molar-refractivity contribution in [3.05, 3.63) is 35.5 Å². The Morgan fingerprint density at radius 3 is 2.38 bits per heavy atom. The second-order valence-corrected chi connectivity index (χ2v) is 7.15. The molecule has 0 radical (unpaired) electrons. The molecule has 2 aliphatic rings. The highest BCUT2D eigenvalue weighted by atomic mass is 16.5. The fourth-order valence-electron chi connectivity index (χ4n) is 3.05. The lowest BCUT2D eigenvalue weighted by molar-refractivity contribution is -0.152. The summed E-state index contributed by atoms with van der Waals surface area (Å²) >= 11 is 0. The van der Waals surface area contributed by atoms with Crippen LogP contribution in [0.25, 0.3) is 0 Å². The van der Waals surface area contributed by atoms with Gasteiger partial charge in [0.25, 0.3) is 0 Å². The molecule has 3 heteroatoms. The molecule has 2 bridgehead atoms. The number of hydrogen-bond donors (Lipinski definition) is 0. The molecule has 116 valence electrons. The molecule has 0 saturated heterocycles. The molecule has 4 atom stereocenters. The number of fused-ring (bicyclic) bond motifs is 2.